The lowest BCUT2D eigenvalue weighted by molar-refractivity contribution is 0.660. The van der Waals surface area contributed by atoms with Crippen molar-refractivity contribution in [2.24, 2.45) is 0 Å². The minimum Gasteiger partial charge on any atom is -0.311 e. The van der Waals surface area contributed by atoms with Crippen LogP contribution in [0.25, 0.3) is 44.5 Å². The zero-order valence-electron chi connectivity index (χ0n) is 34.9. The summed E-state index contributed by atoms with van der Waals surface area (Å²) in [7, 11) is 0. The number of rotatable bonds is 11. The van der Waals surface area contributed by atoms with E-state index in [2.05, 4.69) is 256 Å². The summed E-state index contributed by atoms with van der Waals surface area (Å²) >= 11 is 0. The highest BCUT2D eigenvalue weighted by atomic mass is 15.2. The van der Waals surface area contributed by atoms with Gasteiger partial charge in [0, 0.05) is 39.4 Å². The molecule has 0 spiro atoms. The van der Waals surface area contributed by atoms with E-state index in [0.29, 0.717) is 0 Å². The summed E-state index contributed by atoms with van der Waals surface area (Å²) in [5.41, 5.74) is 19.3. The van der Waals surface area contributed by atoms with Gasteiger partial charge in [0.1, 0.15) is 0 Å². The van der Waals surface area contributed by atoms with Gasteiger partial charge >= 0.3 is 0 Å². The quantitative estimate of drug-likeness (QED) is 0.121. The zero-order chi connectivity index (χ0) is 41.1. The number of nitrogens with zero attached hydrogens (tertiary/aromatic N) is 2. The van der Waals surface area contributed by atoms with E-state index in [9.17, 15) is 0 Å². The third-order valence-electron chi connectivity index (χ3n) is 12.0. The van der Waals surface area contributed by atoms with E-state index >= 15 is 0 Å². The Hall–Kier alpha value is -7.16. The number of anilines is 5. The molecule has 0 aromatic heterocycles. The number of hydrogen-bond acceptors (Lipinski definition) is 2. The van der Waals surface area contributed by atoms with Crippen LogP contribution in [-0.4, -0.2) is 0 Å². The van der Waals surface area contributed by atoms with Gasteiger partial charge in [-0.25, -0.2) is 0 Å². The Kier molecular flexibility index (Phi) is 10.6. The Morgan fingerprint density at radius 1 is 0.450 bits per heavy atom. The van der Waals surface area contributed by atoms with E-state index in [4.69, 9.17) is 0 Å². The molecule has 0 unspecified atom stereocenters. The number of allylic oxidation sites excluding steroid dienone is 3. The average molecular weight is 775 g/mol. The van der Waals surface area contributed by atoms with Crippen LogP contribution < -0.4 is 9.80 Å². The molecule has 0 fully saturated rings. The summed E-state index contributed by atoms with van der Waals surface area (Å²) in [4.78, 5) is 4.75. The van der Waals surface area contributed by atoms with Gasteiger partial charge in [-0.1, -0.05) is 179 Å². The molecule has 1 aliphatic rings. The molecule has 8 aromatic carbocycles. The molecule has 0 N–H and O–H groups in total. The molecule has 0 atom stereocenters. The molecular formula is C58H50N2. The van der Waals surface area contributed by atoms with Gasteiger partial charge in [0.15, 0.2) is 0 Å². The first-order valence-electron chi connectivity index (χ1n) is 21.1. The smallest absolute Gasteiger partial charge is 0.0539 e. The van der Waals surface area contributed by atoms with Crippen molar-refractivity contribution in [2.75, 3.05) is 9.80 Å². The van der Waals surface area contributed by atoms with Crippen molar-refractivity contribution >= 4 is 28.4 Å². The van der Waals surface area contributed by atoms with E-state index in [1.807, 2.05) is 0 Å². The lowest BCUT2D eigenvalue weighted by Crippen LogP contribution is -2.19. The fourth-order valence-corrected chi connectivity index (χ4v) is 8.81. The summed E-state index contributed by atoms with van der Waals surface area (Å²) in [5, 5.41) is 0. The standard InChI is InChI=1S/C58H50N2/c1-5-7-20-47(6-2)60(51-39-40-54-53-24-14-16-25-55(53)58(3,4)56(54)41-51)57-26-17-15-23-52(57)46-29-27-43(28-30-46)45-33-37-50(38-34-45)59(48-21-12-9-13-22-48)49-35-31-44(32-36-49)42-18-10-8-11-19-42/h6-41H,5H2,1-4H3/b20-7-,47-6+. The van der Waals surface area contributed by atoms with Gasteiger partial charge in [-0.05, 0) is 124 Å². The van der Waals surface area contributed by atoms with Crippen LogP contribution in [0.15, 0.2) is 224 Å². The van der Waals surface area contributed by atoms with Crippen molar-refractivity contribution in [3.63, 3.8) is 0 Å². The first-order valence-corrected chi connectivity index (χ1v) is 21.1. The number of benzene rings is 8. The van der Waals surface area contributed by atoms with Gasteiger partial charge in [0.25, 0.3) is 0 Å². The maximum Gasteiger partial charge on any atom is 0.0539 e. The summed E-state index contributed by atoms with van der Waals surface area (Å²) in [6, 6.07) is 72.7. The molecule has 2 heteroatoms. The Morgan fingerprint density at radius 2 is 0.917 bits per heavy atom. The lowest BCUT2D eigenvalue weighted by atomic mass is 9.82. The van der Waals surface area contributed by atoms with E-state index < -0.39 is 0 Å². The molecule has 9 rings (SSSR count). The van der Waals surface area contributed by atoms with Gasteiger partial charge in [0.05, 0.1) is 5.69 Å². The minimum absolute atomic E-state index is 0.0928. The van der Waals surface area contributed by atoms with Gasteiger partial charge in [-0.15, -0.1) is 0 Å². The van der Waals surface area contributed by atoms with Crippen LogP contribution in [-0.2, 0) is 5.41 Å². The van der Waals surface area contributed by atoms with Crippen molar-refractivity contribution in [2.45, 2.75) is 39.5 Å². The number of para-hydroxylation sites is 2. The van der Waals surface area contributed by atoms with Crippen LogP contribution in [0, 0.1) is 0 Å². The fraction of sp³-hybridized carbons (Fsp3) is 0.103. The summed E-state index contributed by atoms with van der Waals surface area (Å²) in [6.07, 6.45) is 7.70. The molecule has 0 amide bonds. The monoisotopic (exact) mass is 774 g/mol. The summed E-state index contributed by atoms with van der Waals surface area (Å²) in [6.45, 7) is 9.04. The second-order valence-electron chi connectivity index (χ2n) is 16.0. The third-order valence-corrected chi connectivity index (χ3v) is 12.0. The molecular weight excluding hydrogens is 725 g/mol. The predicted octanol–water partition coefficient (Wildman–Crippen LogP) is 16.5. The summed E-state index contributed by atoms with van der Waals surface area (Å²) < 4.78 is 0. The Morgan fingerprint density at radius 3 is 1.53 bits per heavy atom. The molecule has 0 saturated carbocycles. The van der Waals surface area contributed by atoms with Crippen LogP contribution in [0.2, 0.25) is 0 Å². The second kappa shape index (κ2) is 16.6. The lowest BCUT2D eigenvalue weighted by Gasteiger charge is -2.30. The van der Waals surface area contributed by atoms with Gasteiger partial charge in [-0.3, -0.25) is 0 Å². The SMILES string of the molecule is C/C=C(\C=C/CC)N(c1ccc2c(c1)C(C)(C)c1ccccc1-2)c1ccccc1-c1ccc(-c2ccc(N(c3ccccc3)c3ccc(-c4ccccc4)cc3)cc2)cc1. The van der Waals surface area contributed by atoms with E-state index in [1.54, 1.807) is 0 Å². The molecule has 0 radical (unpaired) electrons. The highest BCUT2D eigenvalue weighted by molar-refractivity contribution is 5.89. The van der Waals surface area contributed by atoms with Crippen LogP contribution in [0.1, 0.15) is 45.2 Å². The minimum atomic E-state index is -0.0928. The van der Waals surface area contributed by atoms with Gasteiger partial charge in [0.2, 0.25) is 0 Å². The van der Waals surface area contributed by atoms with E-state index in [-0.39, 0.29) is 5.41 Å². The molecule has 2 nitrogen and oxygen atoms in total. The average Bonchev–Trinajstić information content (AvgIpc) is 3.54. The van der Waals surface area contributed by atoms with Crippen LogP contribution >= 0.6 is 0 Å². The van der Waals surface area contributed by atoms with Crippen LogP contribution in [0.3, 0.4) is 0 Å². The first-order chi connectivity index (χ1) is 29.4. The van der Waals surface area contributed by atoms with E-state index in [0.717, 1.165) is 40.6 Å². The van der Waals surface area contributed by atoms with Crippen molar-refractivity contribution < 1.29 is 0 Å². The molecule has 0 aliphatic heterocycles. The number of fused-ring (bicyclic) bond motifs is 3. The Balaban J connectivity index is 1.04. The normalized spacial score (nSPS) is 12.9. The molecule has 60 heavy (non-hydrogen) atoms. The number of hydrogen-bond donors (Lipinski definition) is 0. The van der Waals surface area contributed by atoms with Crippen molar-refractivity contribution in [3.8, 4) is 44.5 Å². The van der Waals surface area contributed by atoms with E-state index in [1.165, 1.54) is 55.6 Å². The highest BCUT2D eigenvalue weighted by Gasteiger charge is 2.36. The highest BCUT2D eigenvalue weighted by Crippen LogP contribution is 2.51. The Labute approximate surface area is 356 Å². The third kappa shape index (κ3) is 7.27. The molecule has 0 bridgehead atoms. The maximum absolute atomic E-state index is 2.43. The molecule has 8 aromatic rings. The van der Waals surface area contributed by atoms with Crippen molar-refractivity contribution in [1.29, 1.82) is 0 Å². The Bertz CT molecular complexity index is 2790. The molecule has 0 saturated heterocycles. The largest absolute Gasteiger partial charge is 0.311 e. The molecule has 0 heterocycles. The van der Waals surface area contributed by atoms with Crippen LogP contribution in [0.5, 0.6) is 0 Å². The topological polar surface area (TPSA) is 6.48 Å². The van der Waals surface area contributed by atoms with Crippen molar-refractivity contribution in [1.82, 2.24) is 0 Å². The summed E-state index contributed by atoms with van der Waals surface area (Å²) in [5.74, 6) is 0. The van der Waals surface area contributed by atoms with Gasteiger partial charge in [-0.2, -0.15) is 0 Å². The second-order valence-corrected chi connectivity index (χ2v) is 16.0. The molecule has 1 aliphatic carbocycles. The predicted molar refractivity (Wildman–Crippen MR) is 257 cm³/mol. The maximum atomic E-state index is 2.43. The van der Waals surface area contributed by atoms with Crippen LogP contribution in [0.4, 0.5) is 28.4 Å². The first kappa shape index (κ1) is 38.4. The zero-order valence-corrected chi connectivity index (χ0v) is 34.9. The molecule has 292 valence electrons. The van der Waals surface area contributed by atoms with Gasteiger partial charge < -0.3 is 9.80 Å². The fourth-order valence-electron chi connectivity index (χ4n) is 8.81. The van der Waals surface area contributed by atoms with Crippen molar-refractivity contribution in [3.05, 3.63) is 235 Å².